The number of anilines is 1. The van der Waals surface area contributed by atoms with Gasteiger partial charge in [-0.05, 0) is 66.4 Å². The molecule has 0 heterocycles. The number of rotatable bonds is 7. The van der Waals surface area contributed by atoms with Crippen molar-refractivity contribution in [1.82, 2.24) is 0 Å². The second kappa shape index (κ2) is 8.22. The van der Waals surface area contributed by atoms with Crippen molar-refractivity contribution in [2.45, 2.75) is 17.7 Å². The highest BCUT2D eigenvalue weighted by molar-refractivity contribution is 7.92. The number of hydrogen-bond donors (Lipinski definition) is 2. The van der Waals surface area contributed by atoms with E-state index in [-0.39, 0.29) is 10.5 Å². The van der Waals surface area contributed by atoms with Crippen LogP contribution in [0, 0.1) is 5.82 Å². The zero-order chi connectivity index (χ0) is 20.1. The van der Waals surface area contributed by atoms with Gasteiger partial charge in [-0.3, -0.25) is 4.72 Å². The number of hydrogen-bond acceptors (Lipinski definition) is 3. The van der Waals surface area contributed by atoms with Gasteiger partial charge in [0.15, 0.2) is 0 Å². The lowest BCUT2D eigenvalue weighted by molar-refractivity contribution is 0.0695. The number of aryl methyl sites for hydroxylation is 2. The fraction of sp³-hybridized carbons (Fsp3) is 0.0952. The van der Waals surface area contributed by atoms with E-state index in [4.69, 9.17) is 0 Å². The number of nitrogens with one attached hydrogen (secondary N) is 1. The van der Waals surface area contributed by atoms with Gasteiger partial charge in [0.05, 0.1) is 10.5 Å². The van der Waals surface area contributed by atoms with Crippen LogP contribution in [0.25, 0.3) is 0 Å². The Kier molecular flexibility index (Phi) is 5.75. The van der Waals surface area contributed by atoms with Crippen LogP contribution in [0.2, 0.25) is 0 Å². The number of carbonyl (C=O) groups is 1. The Labute approximate surface area is 162 Å². The zero-order valence-electron chi connectivity index (χ0n) is 14.8. The third-order valence-electron chi connectivity index (χ3n) is 4.26. The number of benzene rings is 3. The van der Waals surface area contributed by atoms with Gasteiger partial charge in [-0.25, -0.2) is 17.6 Å². The molecule has 3 aromatic rings. The molecule has 144 valence electrons. The van der Waals surface area contributed by atoms with Crippen molar-refractivity contribution in [2.24, 2.45) is 0 Å². The van der Waals surface area contributed by atoms with Crippen LogP contribution in [0.5, 0.6) is 0 Å². The van der Waals surface area contributed by atoms with Crippen molar-refractivity contribution in [3.8, 4) is 0 Å². The Bertz CT molecular complexity index is 1080. The monoisotopic (exact) mass is 399 g/mol. The van der Waals surface area contributed by atoms with Crippen LogP contribution in [0.15, 0.2) is 77.7 Å². The summed E-state index contributed by atoms with van der Waals surface area (Å²) in [7, 11) is -3.80. The molecule has 0 unspecified atom stereocenters. The number of aromatic carboxylic acids is 1. The fourth-order valence-corrected chi connectivity index (χ4v) is 3.85. The number of carboxylic acid groups (broad SMARTS) is 1. The molecule has 0 bridgehead atoms. The van der Waals surface area contributed by atoms with Crippen LogP contribution in [0.1, 0.15) is 21.5 Å². The first-order valence-corrected chi connectivity index (χ1v) is 10.0. The first-order valence-electron chi connectivity index (χ1n) is 8.54. The van der Waals surface area contributed by atoms with E-state index in [0.29, 0.717) is 18.5 Å². The molecule has 2 N–H and O–H groups in total. The molecule has 0 saturated carbocycles. The maximum absolute atomic E-state index is 13.0. The average Bonchev–Trinajstić information content (AvgIpc) is 2.67. The Morgan fingerprint density at radius 3 is 2.18 bits per heavy atom. The van der Waals surface area contributed by atoms with Crippen LogP contribution in [-0.4, -0.2) is 19.5 Å². The standard InChI is InChI=1S/C21H18FNO4S/c22-17-9-13-19(14-10-17)28(26,27)23-18-11-6-15(7-12-18)5-8-16-3-1-2-4-20(16)21(24)25/h1-4,6-7,9-14,23H,5,8H2,(H,24,25). The van der Waals surface area contributed by atoms with Gasteiger partial charge in [0.1, 0.15) is 5.82 Å². The summed E-state index contributed by atoms with van der Waals surface area (Å²) in [5, 5.41) is 9.23. The predicted molar refractivity (Wildman–Crippen MR) is 104 cm³/mol. The molecule has 0 saturated heterocycles. The lowest BCUT2D eigenvalue weighted by Crippen LogP contribution is -2.12. The summed E-state index contributed by atoms with van der Waals surface area (Å²) in [6.45, 7) is 0. The molecule has 3 rings (SSSR count). The summed E-state index contributed by atoms with van der Waals surface area (Å²) in [6.07, 6.45) is 1.18. The van der Waals surface area contributed by atoms with Gasteiger partial charge in [0.2, 0.25) is 0 Å². The molecule has 0 atom stereocenters. The molecule has 0 aliphatic carbocycles. The molecule has 7 heteroatoms. The van der Waals surface area contributed by atoms with E-state index in [0.717, 1.165) is 23.3 Å². The van der Waals surface area contributed by atoms with Crippen molar-refractivity contribution >= 4 is 21.7 Å². The quantitative estimate of drug-likeness (QED) is 0.626. The summed E-state index contributed by atoms with van der Waals surface area (Å²) >= 11 is 0. The summed E-state index contributed by atoms with van der Waals surface area (Å²) in [5.74, 6) is -1.46. The first-order chi connectivity index (χ1) is 13.3. The maximum atomic E-state index is 13.0. The van der Waals surface area contributed by atoms with Gasteiger partial charge in [-0.15, -0.1) is 0 Å². The second-order valence-corrected chi connectivity index (χ2v) is 7.90. The van der Waals surface area contributed by atoms with Crippen molar-refractivity contribution < 1.29 is 22.7 Å². The summed E-state index contributed by atoms with van der Waals surface area (Å²) < 4.78 is 40.1. The topological polar surface area (TPSA) is 83.5 Å². The maximum Gasteiger partial charge on any atom is 0.335 e. The summed E-state index contributed by atoms with van der Waals surface area (Å²) in [6, 6.07) is 18.3. The molecule has 28 heavy (non-hydrogen) atoms. The van der Waals surface area contributed by atoms with E-state index in [2.05, 4.69) is 4.72 Å². The molecule has 5 nitrogen and oxygen atoms in total. The SMILES string of the molecule is O=C(O)c1ccccc1CCc1ccc(NS(=O)(=O)c2ccc(F)cc2)cc1. The van der Waals surface area contributed by atoms with E-state index in [1.165, 1.54) is 12.1 Å². The van der Waals surface area contributed by atoms with Crippen LogP contribution in [0.4, 0.5) is 10.1 Å². The predicted octanol–water partition coefficient (Wildman–Crippen LogP) is 4.11. The van der Waals surface area contributed by atoms with Crippen molar-refractivity contribution in [1.29, 1.82) is 0 Å². The Hall–Kier alpha value is -3.19. The lowest BCUT2D eigenvalue weighted by atomic mass is 10.00. The molecule has 0 aliphatic rings. The molecule has 0 radical (unpaired) electrons. The minimum Gasteiger partial charge on any atom is -0.478 e. The molecule has 0 aliphatic heterocycles. The first kappa shape index (κ1) is 19.6. The van der Waals surface area contributed by atoms with Crippen LogP contribution >= 0.6 is 0 Å². The highest BCUT2D eigenvalue weighted by Crippen LogP contribution is 2.18. The number of carboxylic acids is 1. The van der Waals surface area contributed by atoms with Crippen molar-refractivity contribution in [2.75, 3.05) is 4.72 Å². The zero-order valence-corrected chi connectivity index (χ0v) is 15.6. The fourth-order valence-electron chi connectivity index (χ4n) is 2.79. The van der Waals surface area contributed by atoms with Gasteiger partial charge < -0.3 is 5.11 Å². The average molecular weight is 399 g/mol. The van der Waals surface area contributed by atoms with Crippen molar-refractivity contribution in [3.05, 3.63) is 95.3 Å². The van der Waals surface area contributed by atoms with E-state index in [1.807, 2.05) is 0 Å². The molecule has 0 fully saturated rings. The highest BCUT2D eigenvalue weighted by atomic mass is 32.2. The normalized spacial score (nSPS) is 11.2. The molecule has 3 aromatic carbocycles. The van der Waals surface area contributed by atoms with E-state index >= 15 is 0 Å². The minimum atomic E-state index is -3.80. The summed E-state index contributed by atoms with van der Waals surface area (Å²) in [4.78, 5) is 11.2. The number of halogens is 1. The minimum absolute atomic E-state index is 0.0248. The van der Waals surface area contributed by atoms with E-state index < -0.39 is 21.8 Å². The molecule has 0 aromatic heterocycles. The van der Waals surface area contributed by atoms with E-state index in [9.17, 15) is 22.7 Å². The Balaban J connectivity index is 1.67. The van der Waals surface area contributed by atoms with Crippen LogP contribution in [0.3, 0.4) is 0 Å². The molecule has 0 amide bonds. The highest BCUT2D eigenvalue weighted by Gasteiger charge is 2.14. The Morgan fingerprint density at radius 1 is 0.893 bits per heavy atom. The van der Waals surface area contributed by atoms with Gasteiger partial charge >= 0.3 is 5.97 Å². The third-order valence-corrected chi connectivity index (χ3v) is 5.66. The Morgan fingerprint density at radius 2 is 1.54 bits per heavy atom. The van der Waals surface area contributed by atoms with Crippen molar-refractivity contribution in [3.63, 3.8) is 0 Å². The van der Waals surface area contributed by atoms with Gasteiger partial charge in [0.25, 0.3) is 10.0 Å². The third kappa shape index (κ3) is 4.75. The summed E-state index contributed by atoms with van der Waals surface area (Å²) in [5.41, 5.74) is 2.37. The second-order valence-electron chi connectivity index (χ2n) is 6.22. The van der Waals surface area contributed by atoms with Gasteiger partial charge in [-0.1, -0.05) is 30.3 Å². The smallest absolute Gasteiger partial charge is 0.335 e. The molecule has 0 spiro atoms. The van der Waals surface area contributed by atoms with Crippen LogP contribution < -0.4 is 4.72 Å². The van der Waals surface area contributed by atoms with E-state index in [1.54, 1.807) is 48.5 Å². The lowest BCUT2D eigenvalue weighted by Gasteiger charge is -2.09. The largest absolute Gasteiger partial charge is 0.478 e. The van der Waals surface area contributed by atoms with Crippen LogP contribution in [-0.2, 0) is 22.9 Å². The van der Waals surface area contributed by atoms with Gasteiger partial charge in [0, 0.05) is 5.69 Å². The number of sulfonamides is 1. The van der Waals surface area contributed by atoms with Gasteiger partial charge in [-0.2, -0.15) is 0 Å². The molecular weight excluding hydrogens is 381 g/mol. The molecular formula is C21H18FNO4S.